The summed E-state index contributed by atoms with van der Waals surface area (Å²) in [5, 5.41) is 0. The quantitative estimate of drug-likeness (QED) is 0.423. The lowest BCUT2D eigenvalue weighted by molar-refractivity contribution is 0.244. The third kappa shape index (κ3) is 6.45. The largest absolute Gasteiger partial charge is 0.374 e. The number of hydrogen-bond donors (Lipinski definition) is 0. The Morgan fingerprint density at radius 1 is 0.656 bits per heavy atom. The van der Waals surface area contributed by atoms with Gasteiger partial charge in [0.1, 0.15) is 0 Å². The SMILES string of the molecule is C.C=C1C2CCCCC2C(=C)N1CC(C)(C)C.C=C1C2CCCCC2CN1CC(C)(C)C. The maximum Gasteiger partial charge on any atom is 0.0273 e. The highest BCUT2D eigenvalue weighted by molar-refractivity contribution is 5.25. The van der Waals surface area contributed by atoms with Crippen molar-refractivity contribution in [3.05, 3.63) is 36.8 Å². The van der Waals surface area contributed by atoms with Gasteiger partial charge in [-0.2, -0.15) is 0 Å². The van der Waals surface area contributed by atoms with Crippen LogP contribution in [0.25, 0.3) is 0 Å². The molecule has 4 rings (SSSR count). The highest BCUT2D eigenvalue weighted by Crippen LogP contribution is 2.48. The van der Waals surface area contributed by atoms with Gasteiger partial charge in [-0.3, -0.25) is 0 Å². The number of hydrogen-bond acceptors (Lipinski definition) is 2. The minimum absolute atomic E-state index is 0. The zero-order chi connectivity index (χ0) is 23.0. The van der Waals surface area contributed by atoms with Gasteiger partial charge in [-0.15, -0.1) is 0 Å². The minimum Gasteiger partial charge on any atom is -0.374 e. The zero-order valence-corrected chi connectivity index (χ0v) is 21.6. The Morgan fingerprint density at radius 3 is 1.53 bits per heavy atom. The molecule has 2 saturated carbocycles. The van der Waals surface area contributed by atoms with Crippen LogP contribution in [0.2, 0.25) is 0 Å². The Hall–Kier alpha value is -1.18. The Balaban J connectivity index is 0.000000220. The fourth-order valence-electron chi connectivity index (χ4n) is 6.43. The molecule has 0 aromatic rings. The van der Waals surface area contributed by atoms with Crippen molar-refractivity contribution >= 4 is 0 Å². The minimum atomic E-state index is 0. The molecule has 0 N–H and O–H groups in total. The highest BCUT2D eigenvalue weighted by atomic mass is 15.2. The second-order valence-electron chi connectivity index (χ2n) is 13.2. The van der Waals surface area contributed by atoms with Gasteiger partial charge in [0.2, 0.25) is 0 Å². The van der Waals surface area contributed by atoms with Crippen LogP contribution in [0.5, 0.6) is 0 Å². The van der Waals surface area contributed by atoms with Crippen molar-refractivity contribution < 1.29 is 0 Å². The average Bonchev–Trinajstić information content (AvgIpc) is 3.10. The van der Waals surface area contributed by atoms with Crippen molar-refractivity contribution in [2.24, 2.45) is 34.5 Å². The average molecular weight is 443 g/mol. The van der Waals surface area contributed by atoms with Crippen LogP contribution in [0.4, 0.5) is 0 Å². The summed E-state index contributed by atoms with van der Waals surface area (Å²) in [6.45, 7) is 30.3. The van der Waals surface area contributed by atoms with Gasteiger partial charge < -0.3 is 9.80 Å². The highest BCUT2D eigenvalue weighted by Gasteiger charge is 2.41. The van der Waals surface area contributed by atoms with Gasteiger partial charge in [0.05, 0.1) is 0 Å². The molecule has 2 aliphatic heterocycles. The van der Waals surface area contributed by atoms with E-state index < -0.39 is 0 Å². The summed E-state index contributed by atoms with van der Waals surface area (Å²) in [5.41, 5.74) is 4.83. The first-order chi connectivity index (χ1) is 14.4. The molecular formula is C30H54N2. The molecule has 4 aliphatic rings. The molecule has 32 heavy (non-hydrogen) atoms. The summed E-state index contributed by atoms with van der Waals surface area (Å²) in [5.74, 6) is 3.14. The van der Waals surface area contributed by atoms with E-state index in [2.05, 4.69) is 71.1 Å². The van der Waals surface area contributed by atoms with Crippen LogP contribution in [-0.4, -0.2) is 29.4 Å². The Kier molecular flexibility index (Phi) is 8.79. The third-order valence-electron chi connectivity index (χ3n) is 7.81. The van der Waals surface area contributed by atoms with E-state index in [4.69, 9.17) is 0 Å². The Morgan fingerprint density at radius 2 is 1.09 bits per heavy atom. The van der Waals surface area contributed by atoms with Gasteiger partial charge in [-0.05, 0) is 42.4 Å². The molecule has 0 aromatic heterocycles. The Labute approximate surface area is 201 Å². The summed E-state index contributed by atoms with van der Waals surface area (Å²) >= 11 is 0. The number of likely N-dealkylation sites (tertiary alicyclic amines) is 2. The molecule has 0 aromatic carbocycles. The van der Waals surface area contributed by atoms with E-state index in [0.29, 0.717) is 22.7 Å². The van der Waals surface area contributed by atoms with Gasteiger partial charge >= 0.3 is 0 Å². The lowest BCUT2D eigenvalue weighted by atomic mass is 9.79. The van der Waals surface area contributed by atoms with E-state index in [1.54, 1.807) is 0 Å². The first-order valence-corrected chi connectivity index (χ1v) is 13.0. The molecule has 4 unspecified atom stereocenters. The van der Waals surface area contributed by atoms with Gasteiger partial charge in [0.25, 0.3) is 0 Å². The van der Waals surface area contributed by atoms with Crippen molar-refractivity contribution in [2.45, 2.75) is 100 Å². The summed E-state index contributed by atoms with van der Waals surface area (Å²) in [7, 11) is 0. The topological polar surface area (TPSA) is 6.48 Å². The van der Waals surface area contributed by atoms with Crippen molar-refractivity contribution in [3.63, 3.8) is 0 Å². The van der Waals surface area contributed by atoms with Gasteiger partial charge in [0, 0.05) is 54.5 Å². The van der Waals surface area contributed by atoms with Crippen LogP contribution in [-0.2, 0) is 0 Å². The lowest BCUT2D eigenvalue weighted by Crippen LogP contribution is -2.29. The molecule has 184 valence electrons. The van der Waals surface area contributed by atoms with E-state index in [1.807, 2.05) is 0 Å². The van der Waals surface area contributed by atoms with Crippen molar-refractivity contribution in [1.82, 2.24) is 9.80 Å². The molecule has 4 atom stereocenters. The predicted octanol–water partition coefficient (Wildman–Crippen LogP) is 8.49. The zero-order valence-electron chi connectivity index (χ0n) is 21.6. The first-order valence-electron chi connectivity index (χ1n) is 13.0. The lowest BCUT2D eigenvalue weighted by Gasteiger charge is -2.30. The number of fused-ring (bicyclic) bond motifs is 2. The molecule has 2 saturated heterocycles. The van der Waals surface area contributed by atoms with Crippen molar-refractivity contribution in [2.75, 3.05) is 19.6 Å². The second kappa shape index (κ2) is 10.4. The third-order valence-corrected chi connectivity index (χ3v) is 7.81. The fraction of sp³-hybridized carbons (Fsp3) is 0.800. The summed E-state index contributed by atoms with van der Waals surface area (Å²) in [6, 6.07) is 0. The van der Waals surface area contributed by atoms with Gasteiger partial charge in [-0.1, -0.05) is 94.4 Å². The van der Waals surface area contributed by atoms with Crippen molar-refractivity contribution in [3.8, 4) is 0 Å². The molecule has 0 spiro atoms. The molecule has 2 heterocycles. The summed E-state index contributed by atoms with van der Waals surface area (Å²) < 4.78 is 0. The van der Waals surface area contributed by atoms with Gasteiger partial charge in [0.15, 0.2) is 0 Å². The van der Waals surface area contributed by atoms with E-state index in [0.717, 1.165) is 18.4 Å². The molecule has 2 heteroatoms. The van der Waals surface area contributed by atoms with Crippen LogP contribution in [0.15, 0.2) is 36.8 Å². The number of rotatable bonds is 2. The van der Waals surface area contributed by atoms with E-state index in [9.17, 15) is 0 Å². The number of allylic oxidation sites excluding steroid dienone is 3. The smallest absolute Gasteiger partial charge is 0.0273 e. The summed E-state index contributed by atoms with van der Waals surface area (Å²) in [4.78, 5) is 4.96. The first kappa shape index (κ1) is 27.1. The van der Waals surface area contributed by atoms with Crippen LogP contribution in [0.1, 0.15) is 100 Å². The van der Waals surface area contributed by atoms with Crippen molar-refractivity contribution in [1.29, 1.82) is 0 Å². The molecule has 0 amide bonds. The predicted molar refractivity (Wildman–Crippen MR) is 142 cm³/mol. The molecule has 4 fully saturated rings. The maximum atomic E-state index is 4.33. The fourth-order valence-corrected chi connectivity index (χ4v) is 6.43. The van der Waals surface area contributed by atoms with Crippen LogP contribution in [0, 0.1) is 34.5 Å². The molecule has 2 aliphatic carbocycles. The molecule has 0 radical (unpaired) electrons. The van der Waals surface area contributed by atoms with E-state index in [1.165, 1.54) is 81.5 Å². The van der Waals surface area contributed by atoms with E-state index >= 15 is 0 Å². The van der Waals surface area contributed by atoms with Crippen LogP contribution >= 0.6 is 0 Å². The normalized spacial score (nSPS) is 30.4. The van der Waals surface area contributed by atoms with Gasteiger partial charge in [-0.25, -0.2) is 0 Å². The van der Waals surface area contributed by atoms with Crippen LogP contribution < -0.4 is 0 Å². The summed E-state index contributed by atoms with van der Waals surface area (Å²) in [6.07, 6.45) is 11.1. The van der Waals surface area contributed by atoms with Crippen LogP contribution in [0.3, 0.4) is 0 Å². The van der Waals surface area contributed by atoms with E-state index in [-0.39, 0.29) is 7.43 Å². The Bertz CT molecular complexity index is 650. The monoisotopic (exact) mass is 442 g/mol. The molecule has 0 bridgehead atoms. The molecular weight excluding hydrogens is 388 g/mol. The molecule has 2 nitrogen and oxygen atoms in total. The number of nitrogens with zero attached hydrogens (tertiary/aromatic N) is 2. The maximum absolute atomic E-state index is 4.33. The second-order valence-corrected chi connectivity index (χ2v) is 13.2. The standard InChI is InChI=1S/C15H25N.C14H25N.CH4/c1-11-13-8-6-7-9-14(13)12(2)16(11)10-15(3,4)5;1-11-13-8-6-5-7-12(13)9-15(11)10-14(2,3)4;/h13-14H,1-2,6-10H2,3-5H3;12-13H,1,5-10H2,2-4H3;1H4.